The number of nitriles is 1. The first-order valence-electron chi connectivity index (χ1n) is 3.80. The van der Waals surface area contributed by atoms with Gasteiger partial charge in [-0.25, -0.2) is 13.1 Å². The lowest BCUT2D eigenvalue weighted by molar-refractivity contribution is -0.125. The van der Waals surface area contributed by atoms with Crippen molar-refractivity contribution < 1.29 is 22.0 Å². The number of nitrogens with one attached hydrogen (secondary N) is 1. The molecule has 0 aliphatic carbocycles. The van der Waals surface area contributed by atoms with Gasteiger partial charge in [0.25, 0.3) is 5.91 Å². The summed E-state index contributed by atoms with van der Waals surface area (Å²) in [6.45, 7) is 2.37. The molecule has 15 heavy (non-hydrogen) atoms. The molecular formula is C7H10F2N2O3S. The fourth-order valence-corrected chi connectivity index (χ4v) is 1.07. The van der Waals surface area contributed by atoms with Gasteiger partial charge in [0.1, 0.15) is 5.41 Å². The summed E-state index contributed by atoms with van der Waals surface area (Å²) in [7, 11) is -5.07. The van der Waals surface area contributed by atoms with E-state index in [1.165, 1.54) is 6.07 Å². The van der Waals surface area contributed by atoms with Crippen LogP contribution in [0.5, 0.6) is 0 Å². The Morgan fingerprint density at radius 1 is 1.33 bits per heavy atom. The summed E-state index contributed by atoms with van der Waals surface area (Å²) in [5, 5.41) is 4.40. The maximum atomic E-state index is 12.5. The maximum absolute atomic E-state index is 12.5. The smallest absolute Gasteiger partial charge is 0.272 e. The van der Waals surface area contributed by atoms with Gasteiger partial charge in [0.15, 0.2) is 0 Å². The SMILES string of the molecule is CC(C)(C#N)C(=O)NS(=O)(=O)C(C)(F)F. The number of hydrogen-bond donors (Lipinski definition) is 1. The van der Waals surface area contributed by atoms with Crippen LogP contribution in [0.1, 0.15) is 20.8 Å². The Labute approximate surface area is 86.1 Å². The number of carbonyl (C=O) groups is 1. The van der Waals surface area contributed by atoms with Crippen molar-refractivity contribution in [2.75, 3.05) is 0 Å². The highest BCUT2D eigenvalue weighted by Gasteiger charge is 2.43. The van der Waals surface area contributed by atoms with Crippen LogP contribution < -0.4 is 4.72 Å². The van der Waals surface area contributed by atoms with Gasteiger partial charge < -0.3 is 0 Å². The van der Waals surface area contributed by atoms with Gasteiger partial charge in [0, 0.05) is 6.92 Å². The average molecular weight is 240 g/mol. The minimum atomic E-state index is -5.07. The molecule has 86 valence electrons. The van der Waals surface area contributed by atoms with Gasteiger partial charge in [-0.3, -0.25) is 4.79 Å². The minimum Gasteiger partial charge on any atom is -0.272 e. The molecule has 1 amide bonds. The first-order chi connectivity index (χ1) is 6.44. The lowest BCUT2D eigenvalue weighted by Gasteiger charge is -2.17. The highest BCUT2D eigenvalue weighted by atomic mass is 32.2. The summed E-state index contributed by atoms with van der Waals surface area (Å²) in [6.07, 6.45) is 0. The summed E-state index contributed by atoms with van der Waals surface area (Å²) >= 11 is 0. The van der Waals surface area contributed by atoms with Crippen molar-refractivity contribution in [1.82, 2.24) is 4.72 Å². The molecule has 0 aromatic rings. The zero-order chi connectivity index (χ0) is 12.5. The van der Waals surface area contributed by atoms with Crippen molar-refractivity contribution in [2.45, 2.75) is 26.0 Å². The molecule has 0 saturated heterocycles. The van der Waals surface area contributed by atoms with Gasteiger partial charge >= 0.3 is 15.3 Å². The largest absolute Gasteiger partial charge is 0.361 e. The van der Waals surface area contributed by atoms with Crippen molar-refractivity contribution in [3.63, 3.8) is 0 Å². The minimum absolute atomic E-state index is 0.141. The predicted octanol–water partition coefficient (Wildman–Crippen LogP) is 0.595. The second kappa shape index (κ2) is 3.73. The molecule has 0 aliphatic rings. The van der Waals surface area contributed by atoms with E-state index in [1.54, 1.807) is 0 Å². The second-order valence-corrected chi connectivity index (χ2v) is 5.41. The molecule has 5 nitrogen and oxygen atoms in total. The predicted molar refractivity (Wildman–Crippen MR) is 47.1 cm³/mol. The van der Waals surface area contributed by atoms with Gasteiger partial charge in [0.05, 0.1) is 6.07 Å². The molecule has 0 radical (unpaired) electrons. The Kier molecular flexibility index (Phi) is 3.43. The normalized spacial score (nSPS) is 13.1. The van der Waals surface area contributed by atoms with Crippen LogP contribution in [0.25, 0.3) is 0 Å². The van der Waals surface area contributed by atoms with Gasteiger partial charge in [-0.1, -0.05) is 0 Å². The third-order valence-electron chi connectivity index (χ3n) is 1.55. The summed E-state index contributed by atoms with van der Waals surface area (Å²) in [4.78, 5) is 11.1. The van der Waals surface area contributed by atoms with E-state index in [4.69, 9.17) is 5.26 Å². The third-order valence-corrected chi connectivity index (χ3v) is 2.94. The molecule has 0 aromatic heterocycles. The van der Waals surface area contributed by atoms with E-state index in [9.17, 15) is 22.0 Å². The van der Waals surface area contributed by atoms with Crippen LogP contribution in [0, 0.1) is 16.7 Å². The molecule has 8 heteroatoms. The van der Waals surface area contributed by atoms with E-state index >= 15 is 0 Å². The van der Waals surface area contributed by atoms with Crippen LogP contribution in [0.3, 0.4) is 0 Å². The number of nitrogens with zero attached hydrogens (tertiary/aromatic N) is 1. The highest BCUT2D eigenvalue weighted by molar-refractivity contribution is 7.91. The van der Waals surface area contributed by atoms with E-state index < -0.39 is 26.6 Å². The quantitative estimate of drug-likeness (QED) is 0.782. The Morgan fingerprint density at radius 3 is 2.00 bits per heavy atom. The topological polar surface area (TPSA) is 87.0 Å². The van der Waals surface area contributed by atoms with E-state index in [-0.39, 0.29) is 6.92 Å². The summed E-state index contributed by atoms with van der Waals surface area (Å²) < 4.78 is 47.7. The van der Waals surface area contributed by atoms with Gasteiger partial charge in [-0.2, -0.15) is 14.0 Å². The van der Waals surface area contributed by atoms with E-state index in [0.717, 1.165) is 18.6 Å². The molecule has 0 atom stereocenters. The van der Waals surface area contributed by atoms with Crippen molar-refractivity contribution in [1.29, 1.82) is 5.26 Å². The molecule has 0 fully saturated rings. The number of halogens is 2. The fraction of sp³-hybridized carbons (Fsp3) is 0.714. The van der Waals surface area contributed by atoms with E-state index in [2.05, 4.69) is 0 Å². The molecular weight excluding hydrogens is 230 g/mol. The van der Waals surface area contributed by atoms with E-state index in [1.807, 2.05) is 0 Å². The monoisotopic (exact) mass is 240 g/mol. The molecule has 1 N–H and O–H groups in total. The van der Waals surface area contributed by atoms with Gasteiger partial charge in [-0.15, -0.1) is 0 Å². The summed E-state index contributed by atoms with van der Waals surface area (Å²) in [5.41, 5.74) is -1.68. The summed E-state index contributed by atoms with van der Waals surface area (Å²) in [6, 6.07) is 1.49. The lowest BCUT2D eigenvalue weighted by atomic mass is 9.95. The van der Waals surface area contributed by atoms with Crippen LogP contribution >= 0.6 is 0 Å². The lowest BCUT2D eigenvalue weighted by Crippen LogP contribution is -2.45. The van der Waals surface area contributed by atoms with Crippen LogP contribution in [-0.4, -0.2) is 19.6 Å². The Hall–Kier alpha value is -1.23. The Morgan fingerprint density at radius 2 is 1.73 bits per heavy atom. The van der Waals surface area contributed by atoms with Crippen LogP contribution in [-0.2, 0) is 14.8 Å². The molecule has 0 bridgehead atoms. The molecule has 0 aromatic carbocycles. The van der Waals surface area contributed by atoms with Crippen LogP contribution in [0.2, 0.25) is 0 Å². The molecule has 0 spiro atoms. The molecule has 0 saturated carbocycles. The number of alkyl halides is 2. The standard InChI is InChI=1S/C7H10F2N2O3S/c1-6(2,4-10)5(12)11-15(13,14)7(3,8)9/h1-3H3,(H,11,12). The highest BCUT2D eigenvalue weighted by Crippen LogP contribution is 2.21. The molecule has 0 unspecified atom stereocenters. The van der Waals surface area contributed by atoms with E-state index in [0.29, 0.717) is 0 Å². The Bertz CT molecular complexity index is 403. The Balaban J connectivity index is 4.97. The average Bonchev–Trinajstić information content (AvgIpc) is 2.01. The number of amides is 1. The molecule has 0 rings (SSSR count). The van der Waals surface area contributed by atoms with Crippen LogP contribution in [0.4, 0.5) is 8.78 Å². The summed E-state index contributed by atoms with van der Waals surface area (Å²) in [5.74, 6) is -1.29. The van der Waals surface area contributed by atoms with Crippen molar-refractivity contribution in [3.8, 4) is 6.07 Å². The number of carbonyl (C=O) groups excluding carboxylic acids is 1. The zero-order valence-corrected chi connectivity index (χ0v) is 9.15. The van der Waals surface area contributed by atoms with Gasteiger partial charge in [-0.05, 0) is 13.8 Å². The molecule has 0 aliphatic heterocycles. The van der Waals surface area contributed by atoms with Crippen molar-refractivity contribution in [3.05, 3.63) is 0 Å². The number of rotatable bonds is 3. The fourth-order valence-electron chi connectivity index (χ4n) is 0.390. The van der Waals surface area contributed by atoms with Crippen molar-refractivity contribution in [2.24, 2.45) is 5.41 Å². The van der Waals surface area contributed by atoms with Gasteiger partial charge in [0.2, 0.25) is 0 Å². The second-order valence-electron chi connectivity index (χ2n) is 3.48. The number of sulfonamides is 1. The third kappa shape index (κ3) is 3.13. The van der Waals surface area contributed by atoms with Crippen LogP contribution in [0.15, 0.2) is 0 Å². The first-order valence-corrected chi connectivity index (χ1v) is 5.28. The maximum Gasteiger partial charge on any atom is 0.361 e. The number of hydrogen-bond acceptors (Lipinski definition) is 4. The first kappa shape index (κ1) is 13.8. The van der Waals surface area contributed by atoms with Crippen molar-refractivity contribution >= 4 is 15.9 Å². The molecule has 0 heterocycles. The zero-order valence-electron chi connectivity index (χ0n) is 8.34.